The molecule has 1 rings (SSSR count). The molecule has 0 aliphatic heterocycles. The molecule has 0 saturated heterocycles. The summed E-state index contributed by atoms with van der Waals surface area (Å²) in [4.78, 5) is 28.9. The van der Waals surface area contributed by atoms with Gasteiger partial charge in [-0.15, -0.1) is 23.2 Å². The van der Waals surface area contributed by atoms with Crippen molar-refractivity contribution in [2.75, 3.05) is 5.32 Å². The second kappa shape index (κ2) is 8.10. The monoisotopic (exact) mass is 453 g/mol. The van der Waals surface area contributed by atoms with Crippen molar-refractivity contribution in [3.8, 4) is 0 Å². The van der Waals surface area contributed by atoms with Gasteiger partial charge in [-0.25, -0.2) is 9.78 Å². The molecular formula is C16H22BrCl2N3O3. The maximum absolute atomic E-state index is 12.8. The third-order valence-corrected chi connectivity index (χ3v) is 3.66. The Morgan fingerprint density at radius 3 is 2.24 bits per heavy atom. The summed E-state index contributed by atoms with van der Waals surface area (Å²) in [5.74, 6) is -0.491. The lowest BCUT2D eigenvalue weighted by atomic mass is 9.94. The van der Waals surface area contributed by atoms with Gasteiger partial charge in [-0.1, -0.05) is 0 Å². The van der Waals surface area contributed by atoms with E-state index in [0.29, 0.717) is 10.3 Å². The lowest BCUT2D eigenvalue weighted by Crippen LogP contribution is -2.57. The molecule has 1 atom stereocenters. The largest absolute Gasteiger partial charge is 0.444 e. The van der Waals surface area contributed by atoms with Crippen LogP contribution in [0.25, 0.3) is 0 Å². The zero-order chi connectivity index (χ0) is 19.5. The second-order valence-corrected chi connectivity index (χ2v) is 9.70. The van der Waals surface area contributed by atoms with Gasteiger partial charge in [0.1, 0.15) is 20.1 Å². The number of halogens is 3. The summed E-state index contributed by atoms with van der Waals surface area (Å²) in [5.41, 5.74) is -1.63. The topological polar surface area (TPSA) is 80.3 Å². The Morgan fingerprint density at radius 2 is 1.80 bits per heavy atom. The predicted octanol–water partition coefficient (Wildman–Crippen LogP) is 4.65. The fourth-order valence-corrected chi connectivity index (χ4v) is 2.82. The number of anilines is 1. The van der Waals surface area contributed by atoms with Crippen LogP contribution in [0.15, 0.2) is 22.9 Å². The molecule has 0 fully saturated rings. The van der Waals surface area contributed by atoms with Crippen LogP contribution in [-0.2, 0) is 9.53 Å². The fourth-order valence-electron chi connectivity index (χ4n) is 2.05. The summed E-state index contributed by atoms with van der Waals surface area (Å²) < 4.78 is 4.63. The van der Waals surface area contributed by atoms with E-state index in [1.54, 1.807) is 39.8 Å². The molecule has 9 heteroatoms. The van der Waals surface area contributed by atoms with E-state index < -0.39 is 27.5 Å². The molecule has 25 heavy (non-hydrogen) atoms. The molecule has 140 valence electrons. The first-order valence-electron chi connectivity index (χ1n) is 7.52. The van der Waals surface area contributed by atoms with Crippen LogP contribution < -0.4 is 10.6 Å². The van der Waals surface area contributed by atoms with Gasteiger partial charge in [-0.2, -0.15) is 0 Å². The van der Waals surface area contributed by atoms with Crippen molar-refractivity contribution in [1.29, 1.82) is 0 Å². The molecule has 0 spiro atoms. The Kier molecular flexibility index (Phi) is 7.12. The van der Waals surface area contributed by atoms with Crippen LogP contribution >= 0.6 is 39.1 Å². The van der Waals surface area contributed by atoms with Gasteiger partial charge in [-0.3, -0.25) is 4.79 Å². The minimum absolute atomic E-state index is 0.0296. The lowest BCUT2D eigenvalue weighted by molar-refractivity contribution is -0.122. The van der Waals surface area contributed by atoms with Crippen molar-refractivity contribution in [2.24, 2.45) is 0 Å². The first-order chi connectivity index (χ1) is 11.2. The molecular weight excluding hydrogens is 433 g/mol. The fraction of sp³-hybridized carbons (Fsp3) is 0.562. The van der Waals surface area contributed by atoms with Crippen molar-refractivity contribution in [1.82, 2.24) is 10.3 Å². The summed E-state index contributed by atoms with van der Waals surface area (Å²) in [5, 5.41) is 5.26. The van der Waals surface area contributed by atoms with Gasteiger partial charge in [-0.05, 0) is 62.7 Å². The van der Waals surface area contributed by atoms with Crippen LogP contribution in [0.5, 0.6) is 0 Å². The number of nitrogens with one attached hydrogen (secondary N) is 2. The SMILES string of the molecule is CC(Cl)(Cl)C[C@](C)(NC(=O)OC(C)(C)C)C(=O)Nc1ccc(Br)nc1. The van der Waals surface area contributed by atoms with Gasteiger partial charge >= 0.3 is 6.09 Å². The van der Waals surface area contributed by atoms with Gasteiger partial charge in [0.2, 0.25) is 5.91 Å². The Balaban J connectivity index is 2.98. The van der Waals surface area contributed by atoms with Gasteiger partial charge in [0.15, 0.2) is 0 Å². The average molecular weight is 455 g/mol. The highest BCUT2D eigenvalue weighted by Gasteiger charge is 2.41. The minimum atomic E-state index is -1.40. The first kappa shape index (κ1) is 22.0. The van der Waals surface area contributed by atoms with Crippen LogP contribution in [-0.4, -0.2) is 32.5 Å². The van der Waals surface area contributed by atoms with Crippen LogP contribution in [0.4, 0.5) is 10.5 Å². The summed E-state index contributed by atoms with van der Waals surface area (Å²) in [6, 6.07) is 3.35. The van der Waals surface area contributed by atoms with Crippen LogP contribution in [0.1, 0.15) is 41.0 Å². The molecule has 2 N–H and O–H groups in total. The number of pyridine rings is 1. The third kappa shape index (κ3) is 8.25. The van der Waals surface area contributed by atoms with E-state index >= 15 is 0 Å². The highest BCUT2D eigenvalue weighted by molar-refractivity contribution is 9.10. The number of rotatable bonds is 5. The summed E-state index contributed by atoms with van der Waals surface area (Å²) >= 11 is 15.4. The molecule has 2 amide bonds. The molecule has 0 saturated carbocycles. The molecule has 1 aromatic rings. The van der Waals surface area contributed by atoms with Gasteiger partial charge in [0.05, 0.1) is 11.9 Å². The quantitative estimate of drug-likeness (QED) is 0.501. The molecule has 0 aromatic carbocycles. The minimum Gasteiger partial charge on any atom is -0.444 e. The number of alkyl halides is 2. The Bertz CT molecular complexity index is 627. The lowest BCUT2D eigenvalue weighted by Gasteiger charge is -2.33. The average Bonchev–Trinajstić information content (AvgIpc) is 2.36. The van der Waals surface area contributed by atoms with E-state index in [-0.39, 0.29) is 6.42 Å². The molecule has 0 aliphatic rings. The number of nitrogens with zero attached hydrogens (tertiary/aromatic N) is 1. The van der Waals surface area contributed by atoms with E-state index in [2.05, 4.69) is 31.5 Å². The number of alkyl carbamates (subject to hydrolysis) is 1. The van der Waals surface area contributed by atoms with Crippen LogP contribution in [0, 0.1) is 0 Å². The van der Waals surface area contributed by atoms with E-state index in [4.69, 9.17) is 27.9 Å². The predicted molar refractivity (Wildman–Crippen MR) is 103 cm³/mol. The molecule has 1 heterocycles. The van der Waals surface area contributed by atoms with Crippen molar-refractivity contribution < 1.29 is 14.3 Å². The Hall–Kier alpha value is -1.05. The van der Waals surface area contributed by atoms with Crippen molar-refractivity contribution in [2.45, 2.75) is 56.5 Å². The summed E-state index contributed by atoms with van der Waals surface area (Å²) in [6.07, 6.45) is 0.714. The van der Waals surface area contributed by atoms with Crippen molar-refractivity contribution in [3.05, 3.63) is 22.9 Å². The van der Waals surface area contributed by atoms with Crippen LogP contribution in [0.2, 0.25) is 0 Å². The molecule has 6 nitrogen and oxygen atoms in total. The first-order valence-corrected chi connectivity index (χ1v) is 9.07. The maximum Gasteiger partial charge on any atom is 0.408 e. The van der Waals surface area contributed by atoms with E-state index in [1.807, 2.05) is 0 Å². The molecule has 0 unspecified atom stereocenters. The Morgan fingerprint density at radius 1 is 1.20 bits per heavy atom. The number of aromatic nitrogens is 1. The number of carbonyl (C=O) groups is 2. The molecule has 0 bridgehead atoms. The zero-order valence-electron chi connectivity index (χ0n) is 14.7. The van der Waals surface area contributed by atoms with Crippen molar-refractivity contribution in [3.63, 3.8) is 0 Å². The van der Waals surface area contributed by atoms with Crippen LogP contribution in [0.3, 0.4) is 0 Å². The van der Waals surface area contributed by atoms with Gasteiger partial charge in [0.25, 0.3) is 0 Å². The third-order valence-electron chi connectivity index (χ3n) is 2.93. The highest BCUT2D eigenvalue weighted by Crippen LogP contribution is 2.31. The van der Waals surface area contributed by atoms with Gasteiger partial charge < -0.3 is 15.4 Å². The molecule has 1 aromatic heterocycles. The van der Waals surface area contributed by atoms with Gasteiger partial charge in [0, 0.05) is 6.42 Å². The molecule has 0 radical (unpaired) electrons. The maximum atomic E-state index is 12.8. The number of hydrogen-bond donors (Lipinski definition) is 2. The number of ether oxygens (including phenoxy) is 1. The zero-order valence-corrected chi connectivity index (χ0v) is 17.8. The molecule has 0 aliphatic carbocycles. The smallest absolute Gasteiger partial charge is 0.408 e. The standard InChI is InChI=1S/C16H22BrCl2N3O3/c1-14(2,3)25-13(24)22-15(4,9-16(5,18)19)12(23)21-10-6-7-11(17)20-8-10/h6-8H,9H2,1-5H3,(H,21,23)(H,22,24)/t15-/m0/s1. The van der Waals surface area contributed by atoms with E-state index in [1.165, 1.54) is 13.1 Å². The van der Waals surface area contributed by atoms with E-state index in [0.717, 1.165) is 0 Å². The number of hydrogen-bond acceptors (Lipinski definition) is 4. The Labute approximate surface area is 166 Å². The summed E-state index contributed by atoms with van der Waals surface area (Å²) in [6.45, 7) is 8.25. The van der Waals surface area contributed by atoms with E-state index in [9.17, 15) is 9.59 Å². The summed E-state index contributed by atoms with van der Waals surface area (Å²) in [7, 11) is 0. The highest BCUT2D eigenvalue weighted by atomic mass is 79.9. The number of amides is 2. The van der Waals surface area contributed by atoms with Crippen molar-refractivity contribution >= 4 is 56.8 Å². The number of carbonyl (C=O) groups excluding carboxylic acids is 2. The second-order valence-electron chi connectivity index (χ2n) is 7.03. The normalized spacial score (nSPS) is 14.4.